The third-order valence-corrected chi connectivity index (χ3v) is 3.07. The van der Waals surface area contributed by atoms with E-state index >= 15 is 0 Å². The maximum atomic E-state index is 11.6. The van der Waals surface area contributed by atoms with Gasteiger partial charge in [0.2, 0.25) is 11.8 Å². The van der Waals surface area contributed by atoms with E-state index in [9.17, 15) is 14.4 Å². The number of unbranched alkanes of at least 4 members (excludes halogenated alkanes) is 5. The third-order valence-electron chi connectivity index (χ3n) is 3.07. The molecule has 0 aliphatic carbocycles. The van der Waals surface area contributed by atoms with E-state index in [1.807, 2.05) is 0 Å². The summed E-state index contributed by atoms with van der Waals surface area (Å²) in [5, 5.41) is 11.4. The summed E-state index contributed by atoms with van der Waals surface area (Å²) in [5.74, 6) is -1.98. The number of nitrogens with two attached hydrogens (primary N) is 1. The van der Waals surface area contributed by atoms with Gasteiger partial charge in [-0.2, -0.15) is 0 Å². The van der Waals surface area contributed by atoms with Crippen LogP contribution >= 0.6 is 0 Å². The lowest BCUT2D eigenvalue weighted by atomic mass is 10.1. The number of carbonyl (C=O) groups is 3. The zero-order chi connectivity index (χ0) is 15.4. The number of carbonyl (C=O) groups excluding carboxylic acids is 2. The minimum absolute atomic E-state index is 0.0346. The van der Waals surface area contributed by atoms with Crippen LogP contribution < -0.4 is 11.1 Å². The fourth-order valence-corrected chi connectivity index (χ4v) is 1.88. The Morgan fingerprint density at radius 2 is 1.65 bits per heavy atom. The molecule has 0 aromatic carbocycles. The molecule has 20 heavy (non-hydrogen) atoms. The van der Waals surface area contributed by atoms with Gasteiger partial charge in [-0.3, -0.25) is 9.59 Å². The van der Waals surface area contributed by atoms with E-state index in [1.54, 1.807) is 0 Å². The SMILES string of the molecule is CCCCCCCCC(=O)N[C@@H](CCC(N)=O)C(=O)O. The van der Waals surface area contributed by atoms with Gasteiger partial charge in [-0.05, 0) is 12.8 Å². The first-order valence-corrected chi connectivity index (χ1v) is 7.27. The second-order valence-corrected chi connectivity index (χ2v) is 4.98. The first kappa shape index (κ1) is 18.4. The number of hydrogen-bond acceptors (Lipinski definition) is 3. The van der Waals surface area contributed by atoms with Gasteiger partial charge in [0.05, 0.1) is 0 Å². The summed E-state index contributed by atoms with van der Waals surface area (Å²) in [6, 6.07) is -1.03. The predicted octanol–water partition coefficient (Wildman–Crippen LogP) is 1.57. The van der Waals surface area contributed by atoms with Crippen LogP contribution in [0.1, 0.15) is 64.7 Å². The molecule has 2 amide bonds. The average Bonchev–Trinajstić information content (AvgIpc) is 2.38. The van der Waals surface area contributed by atoms with E-state index in [2.05, 4.69) is 12.2 Å². The van der Waals surface area contributed by atoms with E-state index in [0.717, 1.165) is 19.3 Å². The molecule has 0 aromatic heterocycles. The van der Waals surface area contributed by atoms with Crippen LogP contribution in [0.2, 0.25) is 0 Å². The summed E-state index contributed by atoms with van der Waals surface area (Å²) in [4.78, 5) is 33.2. The molecule has 0 saturated heterocycles. The number of amides is 2. The second kappa shape index (κ2) is 11.3. The van der Waals surface area contributed by atoms with Crippen LogP contribution in [0.25, 0.3) is 0 Å². The molecule has 0 radical (unpaired) electrons. The van der Waals surface area contributed by atoms with Crippen molar-refractivity contribution in [2.24, 2.45) is 5.73 Å². The second-order valence-electron chi connectivity index (χ2n) is 4.98. The Labute approximate surface area is 120 Å². The van der Waals surface area contributed by atoms with Gasteiger partial charge in [-0.25, -0.2) is 4.79 Å². The van der Waals surface area contributed by atoms with Crippen molar-refractivity contribution in [3.63, 3.8) is 0 Å². The number of aliphatic carboxylic acids is 1. The lowest BCUT2D eigenvalue weighted by molar-refractivity contribution is -0.142. The molecule has 6 nitrogen and oxygen atoms in total. The summed E-state index contributed by atoms with van der Waals surface area (Å²) >= 11 is 0. The Balaban J connectivity index is 3.84. The van der Waals surface area contributed by atoms with E-state index in [4.69, 9.17) is 10.8 Å². The van der Waals surface area contributed by atoms with Crippen LogP contribution in [-0.4, -0.2) is 28.9 Å². The third kappa shape index (κ3) is 10.3. The number of carboxylic acids is 1. The van der Waals surface area contributed by atoms with E-state index in [0.29, 0.717) is 6.42 Å². The molecule has 0 fully saturated rings. The van der Waals surface area contributed by atoms with Crippen LogP contribution in [0, 0.1) is 0 Å². The highest BCUT2D eigenvalue weighted by Crippen LogP contribution is 2.07. The van der Waals surface area contributed by atoms with E-state index < -0.39 is 17.9 Å². The normalized spacial score (nSPS) is 11.8. The molecule has 0 spiro atoms. The molecule has 4 N–H and O–H groups in total. The zero-order valence-electron chi connectivity index (χ0n) is 12.2. The van der Waals surface area contributed by atoms with Gasteiger partial charge in [0.1, 0.15) is 6.04 Å². The van der Waals surface area contributed by atoms with E-state index in [-0.39, 0.29) is 18.7 Å². The fraction of sp³-hybridized carbons (Fsp3) is 0.786. The quantitative estimate of drug-likeness (QED) is 0.473. The molecule has 0 rings (SSSR count). The van der Waals surface area contributed by atoms with Gasteiger partial charge in [0.15, 0.2) is 0 Å². The topological polar surface area (TPSA) is 109 Å². The Hall–Kier alpha value is -1.59. The fourth-order valence-electron chi connectivity index (χ4n) is 1.88. The standard InChI is InChI=1S/C14H26N2O4/c1-2-3-4-5-6-7-8-13(18)16-11(14(19)20)9-10-12(15)17/h11H,2-10H2,1H3,(H2,15,17)(H,16,18)(H,19,20)/t11-/m0/s1. The zero-order valence-corrected chi connectivity index (χ0v) is 12.2. The van der Waals surface area contributed by atoms with Crippen molar-refractivity contribution in [2.75, 3.05) is 0 Å². The summed E-state index contributed by atoms with van der Waals surface area (Å²) < 4.78 is 0. The number of hydrogen-bond donors (Lipinski definition) is 3. The molecule has 0 unspecified atom stereocenters. The van der Waals surface area contributed by atoms with Crippen molar-refractivity contribution in [2.45, 2.75) is 70.8 Å². The number of carboxylic acid groups (broad SMARTS) is 1. The smallest absolute Gasteiger partial charge is 0.326 e. The lowest BCUT2D eigenvalue weighted by Gasteiger charge is -2.13. The van der Waals surface area contributed by atoms with Gasteiger partial charge in [0.25, 0.3) is 0 Å². The molecule has 1 atom stereocenters. The molecule has 116 valence electrons. The molecule has 0 bridgehead atoms. The molecule has 0 saturated carbocycles. The van der Waals surface area contributed by atoms with E-state index in [1.165, 1.54) is 19.3 Å². The van der Waals surface area contributed by atoms with Crippen molar-refractivity contribution in [1.29, 1.82) is 0 Å². The summed E-state index contributed by atoms with van der Waals surface area (Å²) in [6.07, 6.45) is 6.72. The maximum absolute atomic E-state index is 11.6. The first-order valence-electron chi connectivity index (χ1n) is 7.27. The number of primary amides is 1. The molecule has 0 aliphatic rings. The molecular weight excluding hydrogens is 260 g/mol. The van der Waals surface area contributed by atoms with Gasteiger partial charge >= 0.3 is 5.97 Å². The van der Waals surface area contributed by atoms with Crippen molar-refractivity contribution in [3.05, 3.63) is 0 Å². The minimum Gasteiger partial charge on any atom is -0.480 e. The Bertz CT molecular complexity index is 318. The van der Waals surface area contributed by atoms with Crippen molar-refractivity contribution in [1.82, 2.24) is 5.32 Å². The maximum Gasteiger partial charge on any atom is 0.326 e. The monoisotopic (exact) mass is 286 g/mol. The highest BCUT2D eigenvalue weighted by Gasteiger charge is 2.19. The van der Waals surface area contributed by atoms with Crippen LogP contribution in [-0.2, 0) is 14.4 Å². The Kier molecular flexibility index (Phi) is 10.4. The van der Waals surface area contributed by atoms with Gasteiger partial charge in [0, 0.05) is 12.8 Å². The van der Waals surface area contributed by atoms with Gasteiger partial charge in [-0.15, -0.1) is 0 Å². The van der Waals surface area contributed by atoms with Gasteiger partial charge < -0.3 is 16.2 Å². The summed E-state index contributed by atoms with van der Waals surface area (Å²) in [5.41, 5.74) is 4.97. The Morgan fingerprint density at radius 1 is 1.05 bits per heavy atom. The molecule has 0 aliphatic heterocycles. The largest absolute Gasteiger partial charge is 0.480 e. The molecular formula is C14H26N2O4. The van der Waals surface area contributed by atoms with Crippen molar-refractivity contribution < 1.29 is 19.5 Å². The first-order chi connectivity index (χ1) is 9.47. The lowest BCUT2D eigenvalue weighted by Crippen LogP contribution is -2.41. The molecule has 0 aromatic rings. The van der Waals surface area contributed by atoms with Crippen LogP contribution in [0.5, 0.6) is 0 Å². The van der Waals surface area contributed by atoms with Crippen molar-refractivity contribution >= 4 is 17.8 Å². The molecule has 0 heterocycles. The average molecular weight is 286 g/mol. The number of rotatable bonds is 12. The summed E-state index contributed by atoms with van der Waals surface area (Å²) in [7, 11) is 0. The highest BCUT2D eigenvalue weighted by molar-refractivity contribution is 5.84. The van der Waals surface area contributed by atoms with Crippen LogP contribution in [0.4, 0.5) is 0 Å². The minimum atomic E-state index is -1.14. The van der Waals surface area contributed by atoms with Gasteiger partial charge in [-0.1, -0.05) is 39.0 Å². The van der Waals surface area contributed by atoms with Crippen molar-refractivity contribution in [3.8, 4) is 0 Å². The van der Waals surface area contributed by atoms with Crippen LogP contribution in [0.3, 0.4) is 0 Å². The molecule has 6 heteroatoms. The predicted molar refractivity (Wildman–Crippen MR) is 76.0 cm³/mol. The number of nitrogens with one attached hydrogen (secondary N) is 1. The highest BCUT2D eigenvalue weighted by atomic mass is 16.4. The van der Waals surface area contributed by atoms with Crippen LogP contribution in [0.15, 0.2) is 0 Å². The summed E-state index contributed by atoms with van der Waals surface area (Å²) in [6.45, 7) is 2.14. The Morgan fingerprint density at radius 3 is 2.20 bits per heavy atom.